The van der Waals surface area contributed by atoms with Gasteiger partial charge in [-0.3, -0.25) is 9.59 Å². The van der Waals surface area contributed by atoms with Crippen molar-refractivity contribution in [2.75, 3.05) is 0 Å². The average Bonchev–Trinajstić information content (AvgIpc) is 2.79. The molecule has 1 aromatic rings. The van der Waals surface area contributed by atoms with Crippen molar-refractivity contribution in [3.63, 3.8) is 0 Å². The van der Waals surface area contributed by atoms with Gasteiger partial charge < -0.3 is 15.5 Å². The molecule has 0 bridgehead atoms. The third-order valence-electron chi connectivity index (χ3n) is 2.90. The number of carbonyl (C=O) groups is 2. The molecule has 1 aliphatic rings. The van der Waals surface area contributed by atoms with Gasteiger partial charge in [-0.25, -0.2) is 4.39 Å². The number of thioether (sulfide) groups is 1. The van der Waals surface area contributed by atoms with E-state index >= 15 is 0 Å². The standard InChI is InChI=1S/C13H9F4N3O4S/c14-7-2-8(21)5(1-6(7)13(15,16)17)4-18-20-12-19-11(24)9(25-12)3-10(22)23/h1-2,4,9,21H,3H2,(H,22,23)(H,19,20,24). The third-order valence-corrected chi connectivity index (χ3v) is 3.98. The summed E-state index contributed by atoms with van der Waals surface area (Å²) in [6.45, 7) is 0. The molecule has 2 rings (SSSR count). The fraction of sp³-hybridized carbons (Fsp3) is 0.231. The van der Waals surface area contributed by atoms with Crippen molar-refractivity contribution in [1.29, 1.82) is 0 Å². The Bertz CT molecular complexity index is 779. The Labute approximate surface area is 141 Å². The van der Waals surface area contributed by atoms with Gasteiger partial charge in [0.2, 0.25) is 5.91 Å². The summed E-state index contributed by atoms with van der Waals surface area (Å²) in [5, 5.41) is 26.3. The predicted molar refractivity (Wildman–Crippen MR) is 79.9 cm³/mol. The largest absolute Gasteiger partial charge is 0.507 e. The number of carboxylic acid groups (broad SMARTS) is 1. The summed E-state index contributed by atoms with van der Waals surface area (Å²) in [6, 6.07) is 0.661. The second-order valence-corrected chi connectivity index (χ2v) is 5.92. The van der Waals surface area contributed by atoms with Crippen molar-refractivity contribution in [1.82, 2.24) is 5.32 Å². The fourth-order valence-electron chi connectivity index (χ4n) is 1.79. The molecule has 1 unspecified atom stereocenters. The first kappa shape index (κ1) is 18.7. The van der Waals surface area contributed by atoms with Crippen LogP contribution in [0.2, 0.25) is 0 Å². The highest BCUT2D eigenvalue weighted by atomic mass is 32.2. The normalized spacial score (nSPS) is 19.6. The molecule has 1 amide bonds. The summed E-state index contributed by atoms with van der Waals surface area (Å²) in [7, 11) is 0. The summed E-state index contributed by atoms with van der Waals surface area (Å²) in [5.41, 5.74) is -2.01. The van der Waals surface area contributed by atoms with Gasteiger partial charge in [0.05, 0.1) is 18.2 Å². The molecule has 3 N–H and O–H groups in total. The van der Waals surface area contributed by atoms with Crippen molar-refractivity contribution in [2.45, 2.75) is 17.8 Å². The molecule has 1 fully saturated rings. The molecule has 1 aliphatic heterocycles. The lowest BCUT2D eigenvalue weighted by molar-refractivity contribution is -0.140. The lowest BCUT2D eigenvalue weighted by Gasteiger charge is -2.09. The Morgan fingerprint density at radius 3 is 2.68 bits per heavy atom. The van der Waals surface area contributed by atoms with Crippen molar-refractivity contribution in [3.8, 4) is 5.75 Å². The molecule has 1 saturated heterocycles. The molecule has 0 aromatic heterocycles. The van der Waals surface area contributed by atoms with Gasteiger partial charge in [-0.15, -0.1) is 5.10 Å². The number of phenols is 1. The van der Waals surface area contributed by atoms with E-state index in [1.165, 1.54) is 0 Å². The van der Waals surface area contributed by atoms with Crippen LogP contribution < -0.4 is 5.32 Å². The Balaban J connectivity index is 2.18. The minimum Gasteiger partial charge on any atom is -0.507 e. The highest BCUT2D eigenvalue weighted by molar-refractivity contribution is 8.15. The number of alkyl halides is 3. The van der Waals surface area contributed by atoms with E-state index in [0.717, 1.165) is 18.0 Å². The van der Waals surface area contributed by atoms with E-state index in [1.54, 1.807) is 0 Å². The number of hydrogen-bond acceptors (Lipinski definition) is 6. The summed E-state index contributed by atoms with van der Waals surface area (Å²) < 4.78 is 51.1. The van der Waals surface area contributed by atoms with Crippen LogP contribution >= 0.6 is 11.8 Å². The quantitative estimate of drug-likeness (QED) is 0.421. The van der Waals surface area contributed by atoms with Crippen LogP contribution in [0.5, 0.6) is 5.75 Å². The molecule has 1 aromatic carbocycles. The summed E-state index contributed by atoms with van der Waals surface area (Å²) >= 11 is 0.789. The minimum absolute atomic E-state index is 0.0508. The predicted octanol–water partition coefficient (Wildman–Crippen LogP) is 1.95. The molecule has 1 atom stereocenters. The second kappa shape index (κ2) is 7.09. The second-order valence-electron chi connectivity index (χ2n) is 4.73. The molecule has 7 nitrogen and oxygen atoms in total. The zero-order chi connectivity index (χ0) is 18.8. The highest BCUT2D eigenvalue weighted by Gasteiger charge is 2.35. The number of phenolic OH excluding ortho intramolecular Hbond substituents is 1. The molecule has 0 saturated carbocycles. The zero-order valence-corrected chi connectivity index (χ0v) is 12.9. The van der Waals surface area contributed by atoms with Crippen LogP contribution in [0.1, 0.15) is 17.5 Å². The maximum Gasteiger partial charge on any atom is 0.419 e. The molecule has 0 spiro atoms. The molecular formula is C13H9F4N3O4S. The number of benzene rings is 1. The number of carbonyl (C=O) groups excluding carboxylic acids is 1. The van der Waals surface area contributed by atoms with E-state index in [1.807, 2.05) is 0 Å². The average molecular weight is 379 g/mol. The van der Waals surface area contributed by atoms with Crippen LogP contribution in [0.3, 0.4) is 0 Å². The Kier molecular flexibility index (Phi) is 5.30. The topological polar surface area (TPSA) is 111 Å². The van der Waals surface area contributed by atoms with Gasteiger partial charge in [0.25, 0.3) is 0 Å². The van der Waals surface area contributed by atoms with Crippen LogP contribution in [0.25, 0.3) is 0 Å². The number of nitrogens with zero attached hydrogens (tertiary/aromatic N) is 2. The molecule has 1 heterocycles. The van der Waals surface area contributed by atoms with Crippen LogP contribution in [-0.4, -0.2) is 38.7 Å². The van der Waals surface area contributed by atoms with Crippen LogP contribution in [-0.2, 0) is 15.8 Å². The van der Waals surface area contributed by atoms with E-state index in [4.69, 9.17) is 5.11 Å². The molecular weight excluding hydrogens is 370 g/mol. The number of aromatic hydroxyl groups is 1. The Morgan fingerprint density at radius 2 is 2.08 bits per heavy atom. The molecule has 12 heteroatoms. The van der Waals surface area contributed by atoms with Gasteiger partial charge >= 0.3 is 12.1 Å². The van der Waals surface area contributed by atoms with E-state index in [-0.39, 0.29) is 5.17 Å². The van der Waals surface area contributed by atoms with Gasteiger partial charge in [0.1, 0.15) is 16.8 Å². The number of rotatable bonds is 4. The monoisotopic (exact) mass is 379 g/mol. The van der Waals surface area contributed by atoms with Gasteiger partial charge in [0, 0.05) is 11.6 Å². The summed E-state index contributed by atoms with van der Waals surface area (Å²) in [4.78, 5) is 22.0. The smallest absolute Gasteiger partial charge is 0.419 e. The first-order valence-corrected chi connectivity index (χ1v) is 7.36. The number of halogens is 4. The van der Waals surface area contributed by atoms with E-state index < -0.39 is 52.4 Å². The SMILES string of the molecule is O=C(O)CC1SC(=NN=Cc2cc(C(F)(F)F)c(F)cc2O)NC1=O. The number of aliphatic carboxylic acids is 1. The maximum atomic E-state index is 13.2. The summed E-state index contributed by atoms with van der Waals surface area (Å²) in [5.74, 6) is -4.19. The molecule has 0 radical (unpaired) electrons. The van der Waals surface area contributed by atoms with E-state index in [2.05, 4.69) is 15.5 Å². The van der Waals surface area contributed by atoms with Crippen molar-refractivity contribution >= 4 is 35.0 Å². The van der Waals surface area contributed by atoms with E-state index in [0.29, 0.717) is 12.1 Å². The first-order chi connectivity index (χ1) is 11.6. The molecule has 25 heavy (non-hydrogen) atoms. The third kappa shape index (κ3) is 4.68. The lowest BCUT2D eigenvalue weighted by Crippen LogP contribution is -2.26. The molecule has 134 valence electrons. The van der Waals surface area contributed by atoms with Crippen LogP contribution in [0.15, 0.2) is 22.3 Å². The highest BCUT2D eigenvalue weighted by Crippen LogP contribution is 2.34. The number of amides is 1. The Hall–Kier alpha value is -2.63. The van der Waals surface area contributed by atoms with Gasteiger partial charge in [-0.2, -0.15) is 18.3 Å². The first-order valence-electron chi connectivity index (χ1n) is 6.48. The summed E-state index contributed by atoms with van der Waals surface area (Å²) in [6.07, 6.45) is -4.65. The lowest BCUT2D eigenvalue weighted by atomic mass is 10.1. The number of carboxylic acids is 1. The molecule has 0 aliphatic carbocycles. The van der Waals surface area contributed by atoms with Crippen molar-refractivity contribution < 1.29 is 37.4 Å². The maximum absolute atomic E-state index is 13.2. The number of nitrogens with one attached hydrogen (secondary N) is 1. The Morgan fingerprint density at radius 1 is 1.40 bits per heavy atom. The number of amidine groups is 1. The van der Waals surface area contributed by atoms with Gasteiger partial charge in [0.15, 0.2) is 5.17 Å². The zero-order valence-electron chi connectivity index (χ0n) is 12.0. The van der Waals surface area contributed by atoms with E-state index in [9.17, 15) is 32.3 Å². The van der Waals surface area contributed by atoms with Crippen LogP contribution in [0.4, 0.5) is 17.6 Å². The fourth-order valence-corrected chi connectivity index (χ4v) is 2.70. The minimum atomic E-state index is -4.95. The van der Waals surface area contributed by atoms with Gasteiger partial charge in [-0.1, -0.05) is 11.8 Å². The van der Waals surface area contributed by atoms with Crippen molar-refractivity contribution in [2.24, 2.45) is 10.2 Å². The van der Waals surface area contributed by atoms with Crippen LogP contribution in [0, 0.1) is 5.82 Å². The van der Waals surface area contributed by atoms with Crippen molar-refractivity contribution in [3.05, 3.63) is 29.1 Å². The number of hydrogen-bond donors (Lipinski definition) is 3. The van der Waals surface area contributed by atoms with Gasteiger partial charge in [-0.05, 0) is 6.07 Å².